The summed E-state index contributed by atoms with van der Waals surface area (Å²) in [5, 5.41) is 0.684. The van der Waals surface area contributed by atoms with Crippen molar-refractivity contribution in [3.8, 4) is 0 Å². The van der Waals surface area contributed by atoms with Crippen molar-refractivity contribution >= 4 is 34.2 Å². The van der Waals surface area contributed by atoms with Gasteiger partial charge in [-0.2, -0.15) is 0 Å². The number of benzene rings is 2. The molecule has 1 aromatic heterocycles. The fourth-order valence-electron chi connectivity index (χ4n) is 4.41. The van der Waals surface area contributed by atoms with E-state index in [4.69, 9.17) is 4.74 Å². The van der Waals surface area contributed by atoms with Crippen molar-refractivity contribution < 1.29 is 19.1 Å². The van der Waals surface area contributed by atoms with Crippen molar-refractivity contribution in [1.29, 1.82) is 0 Å². The molecule has 0 atom stereocenters. The number of para-hydroxylation sites is 2. The number of fused-ring (bicyclic) bond motifs is 2. The molecule has 1 saturated heterocycles. The Labute approximate surface area is 179 Å². The third-order valence-corrected chi connectivity index (χ3v) is 6.02. The van der Waals surface area contributed by atoms with E-state index < -0.39 is 11.7 Å². The SMILES string of the molecule is O=C(C(=O)N1CCOCC1)c1cn(CC(=O)N2CCc3ccccc32)c2ccccc12. The topological polar surface area (TPSA) is 71.8 Å². The lowest BCUT2D eigenvalue weighted by molar-refractivity contribution is -0.130. The standard InChI is InChI=1S/C24H23N3O4/c28-22(27-10-9-17-5-1-3-7-20(17)27)16-26-15-19(18-6-2-4-8-21(18)26)23(29)24(30)25-11-13-31-14-12-25/h1-8,15H,9-14,16H2. The van der Waals surface area contributed by atoms with E-state index >= 15 is 0 Å². The number of amides is 2. The van der Waals surface area contributed by atoms with Crippen molar-refractivity contribution in [1.82, 2.24) is 9.47 Å². The molecule has 158 valence electrons. The molecule has 0 bridgehead atoms. The van der Waals surface area contributed by atoms with Crippen LogP contribution in [-0.2, 0) is 27.3 Å². The molecule has 0 aliphatic carbocycles. The number of ether oxygens (including phenoxy) is 1. The molecule has 31 heavy (non-hydrogen) atoms. The number of rotatable bonds is 4. The van der Waals surface area contributed by atoms with Gasteiger partial charge in [-0.1, -0.05) is 36.4 Å². The number of carbonyl (C=O) groups excluding carboxylic acids is 3. The van der Waals surface area contributed by atoms with Crippen LogP contribution in [0, 0.1) is 0 Å². The lowest BCUT2D eigenvalue weighted by Gasteiger charge is -2.25. The predicted molar refractivity (Wildman–Crippen MR) is 116 cm³/mol. The number of anilines is 1. The minimum atomic E-state index is -0.546. The summed E-state index contributed by atoms with van der Waals surface area (Å²) < 4.78 is 7.05. The number of aromatic nitrogens is 1. The van der Waals surface area contributed by atoms with Crippen LogP contribution in [0.5, 0.6) is 0 Å². The average Bonchev–Trinajstić information content (AvgIpc) is 3.41. The normalized spacial score (nSPS) is 15.9. The number of hydrogen-bond acceptors (Lipinski definition) is 4. The summed E-state index contributed by atoms with van der Waals surface area (Å²) in [7, 11) is 0. The quantitative estimate of drug-likeness (QED) is 0.482. The van der Waals surface area contributed by atoms with Gasteiger partial charge in [0.05, 0.1) is 18.8 Å². The van der Waals surface area contributed by atoms with Crippen LogP contribution >= 0.6 is 0 Å². The molecule has 2 aliphatic heterocycles. The van der Waals surface area contributed by atoms with Gasteiger partial charge >= 0.3 is 0 Å². The smallest absolute Gasteiger partial charge is 0.295 e. The number of carbonyl (C=O) groups is 3. The van der Waals surface area contributed by atoms with Gasteiger partial charge in [-0.15, -0.1) is 0 Å². The molecule has 2 amide bonds. The fraction of sp³-hybridized carbons (Fsp3) is 0.292. The molecule has 1 fully saturated rings. The third-order valence-electron chi connectivity index (χ3n) is 6.02. The first-order chi connectivity index (χ1) is 15.1. The van der Waals surface area contributed by atoms with Crippen LogP contribution in [0.15, 0.2) is 54.7 Å². The number of hydrogen-bond donors (Lipinski definition) is 0. The molecule has 0 saturated carbocycles. The molecule has 7 nitrogen and oxygen atoms in total. The molecule has 7 heteroatoms. The first kappa shape index (κ1) is 19.5. The Balaban J connectivity index is 1.43. The Hall–Kier alpha value is -3.45. The van der Waals surface area contributed by atoms with Crippen molar-refractivity contribution in [2.45, 2.75) is 13.0 Å². The van der Waals surface area contributed by atoms with Gasteiger partial charge in [0, 0.05) is 42.4 Å². The highest BCUT2D eigenvalue weighted by Gasteiger charge is 2.29. The zero-order valence-electron chi connectivity index (χ0n) is 17.1. The number of ketones is 1. The first-order valence-electron chi connectivity index (χ1n) is 10.5. The lowest BCUT2D eigenvalue weighted by atomic mass is 10.1. The second-order valence-corrected chi connectivity index (χ2v) is 7.85. The molecular formula is C24H23N3O4. The Morgan fingerprint density at radius 1 is 0.903 bits per heavy atom. The predicted octanol–water partition coefficient (Wildman–Crippen LogP) is 2.27. The van der Waals surface area contributed by atoms with Crippen LogP contribution in [0.4, 0.5) is 5.69 Å². The van der Waals surface area contributed by atoms with Gasteiger partial charge in [0.2, 0.25) is 5.91 Å². The van der Waals surface area contributed by atoms with E-state index in [9.17, 15) is 14.4 Å². The van der Waals surface area contributed by atoms with Gasteiger partial charge < -0.3 is 19.1 Å². The van der Waals surface area contributed by atoms with Crippen molar-refractivity contribution in [3.63, 3.8) is 0 Å². The van der Waals surface area contributed by atoms with Crippen LogP contribution < -0.4 is 4.90 Å². The minimum Gasteiger partial charge on any atom is -0.378 e. The van der Waals surface area contributed by atoms with E-state index in [1.807, 2.05) is 48.5 Å². The molecule has 3 heterocycles. The Bertz CT molecular complexity index is 1180. The number of nitrogens with zero attached hydrogens (tertiary/aromatic N) is 3. The van der Waals surface area contributed by atoms with E-state index in [1.54, 1.807) is 15.7 Å². The van der Waals surface area contributed by atoms with Crippen LogP contribution in [0.2, 0.25) is 0 Å². The minimum absolute atomic E-state index is 0.0378. The van der Waals surface area contributed by atoms with E-state index in [0.717, 1.165) is 17.6 Å². The lowest BCUT2D eigenvalue weighted by Crippen LogP contribution is -2.44. The van der Waals surface area contributed by atoms with Crippen LogP contribution in [0.1, 0.15) is 15.9 Å². The summed E-state index contributed by atoms with van der Waals surface area (Å²) in [4.78, 5) is 42.2. The molecule has 0 spiro atoms. The monoisotopic (exact) mass is 417 g/mol. The summed E-state index contributed by atoms with van der Waals surface area (Å²) in [5.74, 6) is -1.11. The molecule has 0 unspecified atom stereocenters. The highest BCUT2D eigenvalue weighted by Crippen LogP contribution is 2.28. The molecule has 3 aromatic rings. The van der Waals surface area contributed by atoms with E-state index in [0.29, 0.717) is 43.8 Å². The highest BCUT2D eigenvalue weighted by molar-refractivity contribution is 6.44. The molecule has 0 N–H and O–H groups in total. The maximum Gasteiger partial charge on any atom is 0.295 e. The summed E-state index contributed by atoms with van der Waals surface area (Å²) >= 11 is 0. The van der Waals surface area contributed by atoms with E-state index in [2.05, 4.69) is 0 Å². The number of Topliss-reactive ketones (excluding diaryl/α,β-unsaturated/α-hetero) is 1. The van der Waals surface area contributed by atoms with Gasteiger partial charge in [0.15, 0.2) is 0 Å². The maximum absolute atomic E-state index is 13.1. The van der Waals surface area contributed by atoms with Gasteiger partial charge in [0.25, 0.3) is 11.7 Å². The zero-order valence-corrected chi connectivity index (χ0v) is 17.1. The molecule has 0 radical (unpaired) electrons. The average molecular weight is 417 g/mol. The van der Waals surface area contributed by atoms with Crippen LogP contribution in [0.3, 0.4) is 0 Å². The van der Waals surface area contributed by atoms with E-state index in [1.165, 1.54) is 10.5 Å². The highest BCUT2D eigenvalue weighted by atomic mass is 16.5. The van der Waals surface area contributed by atoms with Crippen LogP contribution in [-0.4, -0.2) is 59.9 Å². The summed E-state index contributed by atoms with van der Waals surface area (Å²) in [6.07, 6.45) is 2.48. The Morgan fingerprint density at radius 2 is 1.65 bits per heavy atom. The Kier molecular flexibility index (Phi) is 5.03. The van der Waals surface area contributed by atoms with E-state index in [-0.39, 0.29) is 12.5 Å². The third kappa shape index (κ3) is 3.51. The second kappa shape index (κ2) is 8.00. The maximum atomic E-state index is 13.1. The largest absolute Gasteiger partial charge is 0.378 e. The molecule has 5 rings (SSSR count). The van der Waals surface area contributed by atoms with Gasteiger partial charge in [-0.3, -0.25) is 14.4 Å². The van der Waals surface area contributed by atoms with Gasteiger partial charge in [0.1, 0.15) is 6.54 Å². The Morgan fingerprint density at radius 3 is 2.48 bits per heavy atom. The molecule has 2 aliphatic rings. The molecular weight excluding hydrogens is 394 g/mol. The summed E-state index contributed by atoms with van der Waals surface area (Å²) in [6, 6.07) is 15.3. The van der Waals surface area contributed by atoms with Crippen molar-refractivity contribution in [2.75, 3.05) is 37.7 Å². The van der Waals surface area contributed by atoms with Gasteiger partial charge in [-0.25, -0.2) is 0 Å². The molecule has 2 aromatic carbocycles. The summed E-state index contributed by atoms with van der Waals surface area (Å²) in [6.45, 7) is 2.46. The second-order valence-electron chi connectivity index (χ2n) is 7.85. The summed E-state index contributed by atoms with van der Waals surface area (Å²) in [5.41, 5.74) is 3.21. The van der Waals surface area contributed by atoms with Crippen molar-refractivity contribution in [2.24, 2.45) is 0 Å². The van der Waals surface area contributed by atoms with Crippen LogP contribution in [0.25, 0.3) is 10.9 Å². The van der Waals surface area contributed by atoms with Crippen molar-refractivity contribution in [3.05, 3.63) is 65.9 Å². The number of morpholine rings is 1. The first-order valence-corrected chi connectivity index (χ1v) is 10.5. The fourth-order valence-corrected chi connectivity index (χ4v) is 4.41. The van der Waals surface area contributed by atoms with Gasteiger partial charge in [-0.05, 0) is 24.1 Å². The zero-order chi connectivity index (χ0) is 21.4.